The zero-order chi connectivity index (χ0) is 12.3. The molecule has 1 rings (SSSR count). The van der Waals surface area contributed by atoms with Gasteiger partial charge in [-0.25, -0.2) is 0 Å². The van der Waals surface area contributed by atoms with E-state index in [4.69, 9.17) is 0 Å². The number of piperazine rings is 1. The van der Waals surface area contributed by atoms with Gasteiger partial charge in [0.05, 0.1) is 0 Å². The first kappa shape index (κ1) is 13.5. The summed E-state index contributed by atoms with van der Waals surface area (Å²) in [6.07, 6.45) is 0. The molecule has 1 unspecified atom stereocenters. The molecular formula is C11H19BrN2O2. The summed E-state index contributed by atoms with van der Waals surface area (Å²) in [6.45, 7) is 6.22. The van der Waals surface area contributed by atoms with Crippen LogP contribution in [0.3, 0.4) is 0 Å². The number of hydrogen-bond acceptors (Lipinski definition) is 2. The van der Waals surface area contributed by atoms with E-state index in [1.165, 1.54) is 4.90 Å². The van der Waals surface area contributed by atoms with Gasteiger partial charge in [0.25, 0.3) is 0 Å². The second kappa shape index (κ2) is 5.66. The van der Waals surface area contributed by atoms with Crippen LogP contribution in [0.4, 0.5) is 0 Å². The fourth-order valence-corrected chi connectivity index (χ4v) is 2.62. The molecule has 0 aromatic heterocycles. The minimum absolute atomic E-state index is 0.361. The van der Waals surface area contributed by atoms with E-state index in [2.05, 4.69) is 29.8 Å². The number of hydrogen-bond donors (Lipinski definition) is 0. The van der Waals surface area contributed by atoms with Crippen LogP contribution >= 0.6 is 15.9 Å². The van der Waals surface area contributed by atoms with E-state index in [0.29, 0.717) is 31.5 Å². The fourth-order valence-electron chi connectivity index (χ4n) is 1.67. The fraction of sp³-hybridized carbons (Fsp3) is 0.818. The number of halogens is 1. The van der Waals surface area contributed by atoms with Crippen molar-refractivity contribution in [3.8, 4) is 0 Å². The molecule has 0 N–H and O–H groups in total. The van der Waals surface area contributed by atoms with Gasteiger partial charge in [-0.05, 0) is 11.8 Å². The van der Waals surface area contributed by atoms with E-state index in [0.717, 1.165) is 5.33 Å². The van der Waals surface area contributed by atoms with Crippen molar-refractivity contribution in [3.05, 3.63) is 0 Å². The smallest absolute Gasteiger partial charge is 0.312 e. The Labute approximate surface area is 105 Å². The minimum Gasteiger partial charge on any atom is -0.336 e. The van der Waals surface area contributed by atoms with E-state index in [-0.39, 0.29) is 11.8 Å². The topological polar surface area (TPSA) is 40.6 Å². The molecule has 1 saturated heterocycles. The van der Waals surface area contributed by atoms with Gasteiger partial charge >= 0.3 is 11.8 Å². The maximum absolute atomic E-state index is 11.7. The molecule has 1 aliphatic heterocycles. The Morgan fingerprint density at radius 2 is 1.88 bits per heavy atom. The van der Waals surface area contributed by atoms with Crippen LogP contribution < -0.4 is 0 Å². The molecule has 92 valence electrons. The maximum atomic E-state index is 11.7. The highest BCUT2D eigenvalue weighted by Gasteiger charge is 2.31. The van der Waals surface area contributed by atoms with Gasteiger partial charge in [-0.1, -0.05) is 29.8 Å². The summed E-state index contributed by atoms with van der Waals surface area (Å²) in [4.78, 5) is 26.4. The zero-order valence-electron chi connectivity index (χ0n) is 10.1. The summed E-state index contributed by atoms with van der Waals surface area (Å²) < 4.78 is 0. The van der Waals surface area contributed by atoms with Crippen molar-refractivity contribution in [2.75, 3.05) is 32.0 Å². The van der Waals surface area contributed by atoms with Crippen molar-refractivity contribution in [1.82, 2.24) is 9.80 Å². The number of carbonyl (C=O) groups is 2. The zero-order valence-corrected chi connectivity index (χ0v) is 11.7. The molecule has 5 heteroatoms. The molecule has 0 aliphatic carbocycles. The Hall–Kier alpha value is -0.580. The Morgan fingerprint density at radius 3 is 2.38 bits per heavy atom. The van der Waals surface area contributed by atoms with Crippen molar-refractivity contribution < 1.29 is 9.59 Å². The first-order valence-corrected chi connectivity index (χ1v) is 6.69. The minimum atomic E-state index is -0.386. The molecule has 1 aliphatic rings. The lowest BCUT2D eigenvalue weighted by atomic mass is 9.97. The Kier molecular flexibility index (Phi) is 4.77. The number of likely N-dealkylation sites (N-methyl/N-ethyl adjacent to an activating group) is 1. The third-order valence-corrected chi connectivity index (χ3v) is 3.95. The van der Waals surface area contributed by atoms with E-state index in [1.807, 2.05) is 0 Å². The SMILES string of the molecule is CC(C)C(CBr)CN1CCN(C)C(=O)C1=O. The molecule has 0 bridgehead atoms. The van der Waals surface area contributed by atoms with Crippen LogP contribution in [-0.2, 0) is 9.59 Å². The monoisotopic (exact) mass is 290 g/mol. The predicted octanol–water partition coefficient (Wildman–Crippen LogP) is 0.954. The molecule has 0 spiro atoms. The van der Waals surface area contributed by atoms with Gasteiger partial charge in [-0.15, -0.1) is 0 Å². The van der Waals surface area contributed by atoms with Crippen LogP contribution in [0.1, 0.15) is 13.8 Å². The highest BCUT2D eigenvalue weighted by atomic mass is 79.9. The molecule has 0 aromatic carbocycles. The van der Waals surface area contributed by atoms with Crippen molar-refractivity contribution in [1.29, 1.82) is 0 Å². The average Bonchev–Trinajstić information content (AvgIpc) is 2.25. The average molecular weight is 291 g/mol. The Balaban J connectivity index is 2.61. The molecular weight excluding hydrogens is 272 g/mol. The molecule has 0 radical (unpaired) electrons. The molecule has 4 nitrogen and oxygen atoms in total. The van der Waals surface area contributed by atoms with Crippen molar-refractivity contribution >= 4 is 27.7 Å². The summed E-state index contributed by atoms with van der Waals surface area (Å²) >= 11 is 3.46. The summed E-state index contributed by atoms with van der Waals surface area (Å²) in [5.74, 6) is 0.158. The molecule has 1 fully saturated rings. The largest absolute Gasteiger partial charge is 0.336 e. The van der Waals surface area contributed by atoms with Crippen LogP contribution in [0.25, 0.3) is 0 Å². The lowest BCUT2D eigenvalue weighted by Gasteiger charge is -2.34. The number of amides is 2. The van der Waals surface area contributed by atoms with E-state index in [9.17, 15) is 9.59 Å². The first-order valence-electron chi connectivity index (χ1n) is 5.57. The maximum Gasteiger partial charge on any atom is 0.312 e. The van der Waals surface area contributed by atoms with Crippen LogP contribution in [0.15, 0.2) is 0 Å². The number of alkyl halides is 1. The number of nitrogens with zero attached hydrogens (tertiary/aromatic N) is 2. The van der Waals surface area contributed by atoms with Crippen LogP contribution in [0.2, 0.25) is 0 Å². The van der Waals surface area contributed by atoms with E-state index < -0.39 is 0 Å². The van der Waals surface area contributed by atoms with Gasteiger partial charge < -0.3 is 9.80 Å². The molecule has 2 amide bonds. The Bertz CT molecular complexity index is 281. The lowest BCUT2D eigenvalue weighted by Crippen LogP contribution is -2.54. The van der Waals surface area contributed by atoms with Crippen LogP contribution in [-0.4, -0.2) is 53.6 Å². The second-order valence-corrected chi connectivity index (χ2v) is 5.28. The quantitative estimate of drug-likeness (QED) is 0.571. The molecule has 16 heavy (non-hydrogen) atoms. The summed E-state index contributed by atoms with van der Waals surface area (Å²) in [5, 5.41) is 0.860. The summed E-state index contributed by atoms with van der Waals surface area (Å²) in [6, 6.07) is 0. The van der Waals surface area contributed by atoms with Gasteiger partial charge in [0, 0.05) is 32.0 Å². The summed E-state index contributed by atoms with van der Waals surface area (Å²) in [5.41, 5.74) is 0. The summed E-state index contributed by atoms with van der Waals surface area (Å²) in [7, 11) is 1.67. The van der Waals surface area contributed by atoms with Gasteiger partial charge in [0.2, 0.25) is 0 Å². The van der Waals surface area contributed by atoms with Gasteiger partial charge in [0.15, 0.2) is 0 Å². The molecule has 1 atom stereocenters. The highest BCUT2D eigenvalue weighted by molar-refractivity contribution is 9.09. The predicted molar refractivity (Wildman–Crippen MR) is 66.3 cm³/mol. The molecule has 0 saturated carbocycles. The third-order valence-electron chi connectivity index (χ3n) is 3.12. The van der Waals surface area contributed by atoms with Crippen LogP contribution in [0, 0.1) is 11.8 Å². The number of carbonyl (C=O) groups excluding carboxylic acids is 2. The van der Waals surface area contributed by atoms with E-state index >= 15 is 0 Å². The van der Waals surface area contributed by atoms with Crippen molar-refractivity contribution in [3.63, 3.8) is 0 Å². The third kappa shape index (κ3) is 2.97. The Morgan fingerprint density at radius 1 is 1.25 bits per heavy atom. The number of rotatable bonds is 4. The standard InChI is InChI=1S/C11H19BrN2O2/c1-8(2)9(6-12)7-14-5-4-13(3)10(15)11(14)16/h8-9H,4-7H2,1-3H3. The highest BCUT2D eigenvalue weighted by Crippen LogP contribution is 2.16. The van der Waals surface area contributed by atoms with Crippen LogP contribution in [0.5, 0.6) is 0 Å². The molecule has 0 aromatic rings. The van der Waals surface area contributed by atoms with E-state index in [1.54, 1.807) is 11.9 Å². The van der Waals surface area contributed by atoms with Crippen molar-refractivity contribution in [2.24, 2.45) is 11.8 Å². The first-order chi connectivity index (χ1) is 7.47. The van der Waals surface area contributed by atoms with Gasteiger partial charge in [0.1, 0.15) is 0 Å². The van der Waals surface area contributed by atoms with Gasteiger partial charge in [-0.2, -0.15) is 0 Å². The molecule has 1 heterocycles. The lowest BCUT2D eigenvalue weighted by molar-refractivity contribution is -0.155. The van der Waals surface area contributed by atoms with Gasteiger partial charge in [-0.3, -0.25) is 9.59 Å². The van der Waals surface area contributed by atoms with Crippen molar-refractivity contribution in [2.45, 2.75) is 13.8 Å². The second-order valence-electron chi connectivity index (χ2n) is 4.64. The normalized spacial score (nSPS) is 19.6.